The summed E-state index contributed by atoms with van der Waals surface area (Å²) in [6.07, 6.45) is -0.554. The number of aromatic nitrogens is 2. The van der Waals surface area contributed by atoms with E-state index in [1.165, 1.54) is 10.8 Å². The van der Waals surface area contributed by atoms with Crippen LogP contribution in [0.4, 0.5) is 0 Å². The number of aliphatic hydroxyl groups excluding tert-OH is 1. The van der Waals surface area contributed by atoms with Crippen LogP contribution in [0.25, 0.3) is 0 Å². The number of aliphatic hydroxyl groups is 1. The fourth-order valence-corrected chi connectivity index (χ4v) is 4.97. The van der Waals surface area contributed by atoms with Crippen LogP contribution in [0.1, 0.15) is 28.5 Å². The van der Waals surface area contributed by atoms with E-state index in [4.69, 9.17) is 14.2 Å². The molecule has 1 fully saturated rings. The number of ether oxygens (including phenoxy) is 3. The Morgan fingerprint density at radius 1 is 0.947 bits per heavy atom. The van der Waals surface area contributed by atoms with Crippen molar-refractivity contribution in [2.24, 2.45) is 5.92 Å². The molecule has 1 aliphatic rings. The van der Waals surface area contributed by atoms with Crippen LogP contribution >= 0.6 is 0 Å². The van der Waals surface area contributed by atoms with Crippen molar-refractivity contribution in [3.63, 3.8) is 0 Å². The topological polar surface area (TPSA) is 103 Å². The normalized spacial score (nSPS) is 19.4. The molecule has 1 saturated heterocycles. The Hall–Kier alpha value is -3.98. The predicted molar refractivity (Wildman–Crippen MR) is 142 cm³/mol. The van der Waals surface area contributed by atoms with E-state index in [-0.39, 0.29) is 13.2 Å². The van der Waals surface area contributed by atoms with Gasteiger partial charge in [-0.25, -0.2) is 4.79 Å². The summed E-state index contributed by atoms with van der Waals surface area (Å²) in [5.74, 6) is 0.303. The highest BCUT2D eigenvalue weighted by Crippen LogP contribution is 2.42. The van der Waals surface area contributed by atoms with Crippen molar-refractivity contribution >= 4 is 0 Å². The van der Waals surface area contributed by atoms with Gasteiger partial charge in [-0.3, -0.25) is 14.3 Å². The van der Waals surface area contributed by atoms with Gasteiger partial charge in [0, 0.05) is 17.7 Å². The highest BCUT2D eigenvalue weighted by atomic mass is 16.5. The second-order valence-electron chi connectivity index (χ2n) is 9.41. The minimum Gasteiger partial charge on any atom is -0.497 e. The van der Waals surface area contributed by atoms with Gasteiger partial charge < -0.3 is 19.3 Å². The highest BCUT2D eigenvalue weighted by molar-refractivity contribution is 5.48. The average Bonchev–Trinajstić information content (AvgIpc) is 3.32. The van der Waals surface area contributed by atoms with Gasteiger partial charge in [0.15, 0.2) is 6.23 Å². The van der Waals surface area contributed by atoms with Crippen molar-refractivity contribution in [2.45, 2.75) is 24.9 Å². The van der Waals surface area contributed by atoms with Crippen LogP contribution in [0.2, 0.25) is 0 Å². The van der Waals surface area contributed by atoms with Crippen molar-refractivity contribution in [3.05, 3.63) is 134 Å². The van der Waals surface area contributed by atoms with Crippen LogP contribution in [-0.2, 0) is 15.1 Å². The van der Waals surface area contributed by atoms with E-state index < -0.39 is 35.1 Å². The lowest BCUT2D eigenvalue weighted by molar-refractivity contribution is -0.0382. The number of nitrogens with one attached hydrogen (secondary N) is 1. The predicted octanol–water partition coefficient (Wildman–Crippen LogP) is 3.37. The molecule has 0 saturated carbocycles. The van der Waals surface area contributed by atoms with E-state index in [2.05, 4.69) is 4.98 Å². The number of hydrogen-bond acceptors (Lipinski definition) is 6. The first kappa shape index (κ1) is 25.7. The average molecular weight is 515 g/mol. The molecule has 0 bridgehead atoms. The minimum absolute atomic E-state index is 0.143. The second kappa shape index (κ2) is 10.8. The lowest BCUT2D eigenvalue weighted by atomic mass is 9.80. The third kappa shape index (κ3) is 4.69. The number of hydrogen-bond donors (Lipinski definition) is 2. The molecule has 38 heavy (non-hydrogen) atoms. The number of aryl methyl sites for hydroxylation is 1. The molecule has 0 spiro atoms. The van der Waals surface area contributed by atoms with Crippen molar-refractivity contribution in [2.75, 3.05) is 20.3 Å². The highest BCUT2D eigenvalue weighted by Gasteiger charge is 2.42. The van der Waals surface area contributed by atoms with Gasteiger partial charge in [0.05, 0.1) is 20.3 Å². The van der Waals surface area contributed by atoms with Crippen LogP contribution in [0.5, 0.6) is 5.75 Å². The molecule has 1 aromatic heterocycles. The monoisotopic (exact) mass is 514 g/mol. The number of benzene rings is 3. The number of H-pyrrole nitrogens is 1. The summed E-state index contributed by atoms with van der Waals surface area (Å²) in [5.41, 5.74) is 1.02. The van der Waals surface area contributed by atoms with E-state index in [1.807, 2.05) is 84.9 Å². The molecule has 8 heteroatoms. The van der Waals surface area contributed by atoms with Gasteiger partial charge in [0.1, 0.15) is 17.5 Å². The molecule has 3 atom stereocenters. The first-order valence-electron chi connectivity index (χ1n) is 12.5. The summed E-state index contributed by atoms with van der Waals surface area (Å²) in [4.78, 5) is 26.5. The largest absolute Gasteiger partial charge is 0.497 e. The van der Waals surface area contributed by atoms with E-state index in [0.29, 0.717) is 5.56 Å². The molecule has 1 aliphatic heterocycles. The Morgan fingerprint density at radius 2 is 1.53 bits per heavy atom. The maximum absolute atomic E-state index is 12.4. The summed E-state index contributed by atoms with van der Waals surface area (Å²) >= 11 is 0. The third-order valence-electron chi connectivity index (χ3n) is 7.05. The van der Waals surface area contributed by atoms with Crippen LogP contribution < -0.4 is 16.0 Å². The number of methoxy groups -OCH3 is 1. The van der Waals surface area contributed by atoms with Crippen molar-refractivity contribution in [3.8, 4) is 5.75 Å². The number of rotatable bonds is 8. The van der Waals surface area contributed by atoms with E-state index in [0.717, 1.165) is 22.4 Å². The van der Waals surface area contributed by atoms with Gasteiger partial charge in [0.25, 0.3) is 5.56 Å². The molecule has 0 radical (unpaired) electrons. The van der Waals surface area contributed by atoms with Crippen molar-refractivity contribution in [1.29, 1.82) is 0 Å². The maximum Gasteiger partial charge on any atom is 0.330 e. The quantitative estimate of drug-likeness (QED) is 0.350. The fraction of sp³-hybridized carbons (Fsp3) is 0.267. The van der Waals surface area contributed by atoms with E-state index >= 15 is 0 Å². The minimum atomic E-state index is -1.03. The Morgan fingerprint density at radius 3 is 2.11 bits per heavy atom. The van der Waals surface area contributed by atoms with Gasteiger partial charge in [-0.2, -0.15) is 0 Å². The van der Waals surface area contributed by atoms with Crippen LogP contribution in [0, 0.1) is 12.8 Å². The fourth-order valence-electron chi connectivity index (χ4n) is 4.97. The molecule has 196 valence electrons. The lowest BCUT2D eigenvalue weighted by Crippen LogP contribution is -2.39. The molecule has 5 rings (SSSR count). The molecular weight excluding hydrogens is 484 g/mol. The Bertz CT molecular complexity index is 1440. The molecular formula is C30H30N2O6. The summed E-state index contributed by atoms with van der Waals surface area (Å²) in [7, 11) is 1.63. The molecule has 8 nitrogen and oxygen atoms in total. The molecule has 0 amide bonds. The van der Waals surface area contributed by atoms with E-state index in [9.17, 15) is 14.7 Å². The summed E-state index contributed by atoms with van der Waals surface area (Å²) in [6.45, 7) is 1.92. The van der Waals surface area contributed by atoms with Crippen molar-refractivity contribution in [1.82, 2.24) is 9.55 Å². The number of aromatic amines is 1. The summed E-state index contributed by atoms with van der Waals surface area (Å²) in [5, 5.41) is 11.2. The SMILES string of the molecule is COc1ccc(C(OC[C@H]2CO[C@@H](n3cc(C)c(=O)[nH]c3=O)[C@H]2O)(c2ccccc2)c2ccccc2)cc1. The zero-order valence-corrected chi connectivity index (χ0v) is 21.2. The zero-order valence-electron chi connectivity index (χ0n) is 21.2. The third-order valence-corrected chi connectivity index (χ3v) is 7.05. The van der Waals surface area contributed by atoms with Gasteiger partial charge in [-0.1, -0.05) is 72.8 Å². The first-order chi connectivity index (χ1) is 18.4. The molecule has 2 heterocycles. The van der Waals surface area contributed by atoms with Crippen LogP contribution in [-0.4, -0.2) is 41.1 Å². The number of nitrogens with zero attached hydrogens (tertiary/aromatic N) is 1. The molecule has 0 aliphatic carbocycles. The smallest absolute Gasteiger partial charge is 0.330 e. The molecule has 3 aromatic carbocycles. The first-order valence-corrected chi connectivity index (χ1v) is 12.5. The Labute approximate surface area is 220 Å². The Kier molecular flexibility index (Phi) is 7.28. The second-order valence-corrected chi connectivity index (χ2v) is 9.41. The van der Waals surface area contributed by atoms with Crippen LogP contribution in [0.15, 0.2) is 101 Å². The van der Waals surface area contributed by atoms with Crippen molar-refractivity contribution < 1.29 is 19.3 Å². The van der Waals surface area contributed by atoms with Gasteiger partial charge in [-0.15, -0.1) is 0 Å². The Balaban J connectivity index is 1.52. The van der Waals surface area contributed by atoms with Gasteiger partial charge in [-0.05, 0) is 35.7 Å². The van der Waals surface area contributed by atoms with Gasteiger partial charge >= 0.3 is 5.69 Å². The maximum atomic E-state index is 12.4. The summed E-state index contributed by atoms with van der Waals surface area (Å²) in [6, 6.07) is 27.6. The molecule has 4 aromatic rings. The molecule has 2 N–H and O–H groups in total. The van der Waals surface area contributed by atoms with Gasteiger partial charge in [0.2, 0.25) is 0 Å². The van der Waals surface area contributed by atoms with Crippen LogP contribution in [0.3, 0.4) is 0 Å². The zero-order chi connectivity index (χ0) is 26.7. The summed E-state index contributed by atoms with van der Waals surface area (Å²) < 4.78 is 19.3. The standard InChI is InChI=1S/C30H30N2O6/c1-20-17-32(29(35)31-27(20)34)28-26(33)21(18-37-28)19-38-30(22-9-5-3-6-10-22,23-11-7-4-8-12-23)24-13-15-25(36-2)16-14-24/h3-17,21,26,28,33H,18-19H2,1-2H3,(H,31,34,35)/t21-,26+,28-/m1/s1. The molecule has 0 unspecified atom stereocenters. The van der Waals surface area contributed by atoms with E-state index in [1.54, 1.807) is 14.0 Å². The lowest BCUT2D eigenvalue weighted by Gasteiger charge is -2.37.